The Hall–Kier alpha value is -0.680. The van der Waals surface area contributed by atoms with Gasteiger partial charge in [0.15, 0.2) is 0 Å². The van der Waals surface area contributed by atoms with Gasteiger partial charge in [-0.05, 0) is 50.0 Å². The van der Waals surface area contributed by atoms with Crippen molar-refractivity contribution < 1.29 is 4.52 Å². The maximum Gasteiger partial charge on any atom is 0.133 e. The van der Waals surface area contributed by atoms with E-state index in [2.05, 4.69) is 10.5 Å². The van der Waals surface area contributed by atoms with Gasteiger partial charge in [0.1, 0.15) is 5.76 Å². The summed E-state index contributed by atoms with van der Waals surface area (Å²) in [6.07, 6.45) is 1.90. The number of halogens is 2. The highest BCUT2D eigenvalue weighted by Crippen LogP contribution is 2.39. The van der Waals surface area contributed by atoms with Gasteiger partial charge in [-0.25, -0.2) is 0 Å². The lowest BCUT2D eigenvalue weighted by Crippen LogP contribution is -2.16. The Labute approximate surface area is 138 Å². The summed E-state index contributed by atoms with van der Waals surface area (Å²) in [5.74, 6) is 1.58. The van der Waals surface area contributed by atoms with Crippen molar-refractivity contribution in [2.24, 2.45) is 0 Å². The fourth-order valence-corrected chi connectivity index (χ4v) is 4.35. The molecule has 2 aromatic rings. The van der Waals surface area contributed by atoms with Gasteiger partial charge < -0.3 is 9.84 Å². The first kappa shape index (κ1) is 15.2. The Kier molecular flexibility index (Phi) is 4.79. The van der Waals surface area contributed by atoms with E-state index in [4.69, 9.17) is 27.7 Å². The van der Waals surface area contributed by atoms with Crippen LogP contribution in [0.25, 0.3) is 0 Å². The minimum atomic E-state index is 0.728. The summed E-state index contributed by atoms with van der Waals surface area (Å²) in [7, 11) is 0. The van der Waals surface area contributed by atoms with Crippen LogP contribution in [-0.2, 0) is 18.6 Å². The van der Waals surface area contributed by atoms with Gasteiger partial charge in [0.2, 0.25) is 0 Å². The molecule has 0 atom stereocenters. The molecule has 3 rings (SSSR count). The van der Waals surface area contributed by atoms with Crippen molar-refractivity contribution in [2.45, 2.75) is 30.4 Å². The number of aryl methyl sites for hydroxylation is 1. The van der Waals surface area contributed by atoms with Gasteiger partial charge in [-0.15, -0.1) is 11.8 Å². The molecule has 0 radical (unpaired) electrons. The van der Waals surface area contributed by atoms with Crippen LogP contribution in [0.2, 0.25) is 10.0 Å². The van der Waals surface area contributed by atoms with Crippen molar-refractivity contribution in [1.82, 2.24) is 10.5 Å². The SMILES string of the molecule is Cc1cc(CSc2c(Cl)cc(Cl)c3c2CCNCC3)no1. The van der Waals surface area contributed by atoms with E-state index in [9.17, 15) is 0 Å². The predicted molar refractivity (Wildman–Crippen MR) is 87.5 cm³/mol. The van der Waals surface area contributed by atoms with Crippen LogP contribution in [0.3, 0.4) is 0 Å². The molecule has 1 aromatic carbocycles. The lowest BCUT2D eigenvalue weighted by atomic mass is 10.0. The van der Waals surface area contributed by atoms with Gasteiger partial charge in [-0.3, -0.25) is 0 Å². The third-order valence-corrected chi connectivity index (χ3v) is 5.48. The van der Waals surface area contributed by atoms with Crippen molar-refractivity contribution in [2.75, 3.05) is 13.1 Å². The van der Waals surface area contributed by atoms with E-state index in [-0.39, 0.29) is 0 Å². The Balaban J connectivity index is 1.90. The van der Waals surface area contributed by atoms with Crippen LogP contribution in [0.4, 0.5) is 0 Å². The highest BCUT2D eigenvalue weighted by Gasteiger charge is 2.19. The molecule has 1 aromatic heterocycles. The Morgan fingerprint density at radius 2 is 1.95 bits per heavy atom. The van der Waals surface area contributed by atoms with Gasteiger partial charge in [0.05, 0.1) is 10.7 Å². The van der Waals surface area contributed by atoms with Crippen LogP contribution in [0.15, 0.2) is 21.6 Å². The molecule has 1 N–H and O–H groups in total. The van der Waals surface area contributed by atoms with Gasteiger partial charge in [0.25, 0.3) is 0 Å². The van der Waals surface area contributed by atoms with Gasteiger partial charge >= 0.3 is 0 Å². The Morgan fingerprint density at radius 3 is 2.67 bits per heavy atom. The molecule has 2 heterocycles. The Morgan fingerprint density at radius 1 is 1.19 bits per heavy atom. The van der Waals surface area contributed by atoms with E-state index in [1.807, 2.05) is 19.1 Å². The van der Waals surface area contributed by atoms with Crippen molar-refractivity contribution >= 4 is 35.0 Å². The molecule has 21 heavy (non-hydrogen) atoms. The van der Waals surface area contributed by atoms with Crippen molar-refractivity contribution in [1.29, 1.82) is 0 Å². The van der Waals surface area contributed by atoms with E-state index >= 15 is 0 Å². The number of hydrogen-bond donors (Lipinski definition) is 1. The highest BCUT2D eigenvalue weighted by atomic mass is 35.5. The molecule has 0 fully saturated rings. The molecule has 1 aliphatic heterocycles. The maximum atomic E-state index is 6.42. The van der Waals surface area contributed by atoms with Crippen LogP contribution >= 0.6 is 35.0 Å². The normalized spacial score (nSPS) is 14.8. The first-order valence-corrected chi connectivity index (χ1v) is 8.65. The third kappa shape index (κ3) is 3.39. The van der Waals surface area contributed by atoms with E-state index in [0.717, 1.165) is 58.1 Å². The van der Waals surface area contributed by atoms with Crippen molar-refractivity contribution in [3.8, 4) is 0 Å². The quantitative estimate of drug-likeness (QED) is 0.845. The molecular formula is C15H16Cl2N2OS. The summed E-state index contributed by atoms with van der Waals surface area (Å²) in [6.45, 7) is 3.81. The molecule has 0 bridgehead atoms. The molecule has 0 saturated heterocycles. The van der Waals surface area contributed by atoms with E-state index in [1.54, 1.807) is 11.8 Å². The summed E-state index contributed by atoms with van der Waals surface area (Å²) in [4.78, 5) is 1.13. The second kappa shape index (κ2) is 6.61. The van der Waals surface area contributed by atoms with Crippen molar-refractivity contribution in [3.05, 3.63) is 44.8 Å². The van der Waals surface area contributed by atoms with E-state index < -0.39 is 0 Å². The zero-order valence-corrected chi connectivity index (χ0v) is 14.0. The number of nitrogens with one attached hydrogen (secondary N) is 1. The summed E-state index contributed by atoms with van der Waals surface area (Å²) >= 11 is 14.5. The van der Waals surface area contributed by atoms with Crippen LogP contribution < -0.4 is 5.32 Å². The van der Waals surface area contributed by atoms with Crippen LogP contribution in [0, 0.1) is 6.92 Å². The lowest BCUT2D eigenvalue weighted by Gasteiger charge is -2.15. The number of benzene rings is 1. The van der Waals surface area contributed by atoms with E-state index in [1.165, 1.54) is 11.1 Å². The van der Waals surface area contributed by atoms with Crippen molar-refractivity contribution in [3.63, 3.8) is 0 Å². The standard InChI is InChI=1S/C15H16Cl2N2OS/c1-9-6-10(19-20-9)8-21-15-12-3-5-18-4-2-11(12)13(16)7-14(15)17/h6-7,18H,2-5,8H2,1H3. The number of hydrogen-bond acceptors (Lipinski definition) is 4. The summed E-state index contributed by atoms with van der Waals surface area (Å²) in [6, 6.07) is 3.82. The maximum absolute atomic E-state index is 6.42. The van der Waals surface area contributed by atoms with Gasteiger partial charge in [0, 0.05) is 21.7 Å². The van der Waals surface area contributed by atoms with Crippen LogP contribution in [0.5, 0.6) is 0 Å². The number of fused-ring (bicyclic) bond motifs is 1. The molecule has 1 aliphatic rings. The second-order valence-electron chi connectivity index (χ2n) is 5.09. The molecule has 0 aliphatic carbocycles. The summed E-state index contributed by atoms with van der Waals surface area (Å²) < 4.78 is 5.11. The highest BCUT2D eigenvalue weighted by molar-refractivity contribution is 7.98. The minimum Gasteiger partial charge on any atom is -0.361 e. The average Bonchev–Trinajstić information content (AvgIpc) is 2.72. The van der Waals surface area contributed by atoms with Gasteiger partial charge in [-0.2, -0.15) is 0 Å². The number of rotatable bonds is 3. The van der Waals surface area contributed by atoms with E-state index in [0.29, 0.717) is 0 Å². The zero-order chi connectivity index (χ0) is 14.8. The van der Waals surface area contributed by atoms with Crippen LogP contribution in [-0.4, -0.2) is 18.2 Å². The monoisotopic (exact) mass is 342 g/mol. The third-order valence-electron chi connectivity index (χ3n) is 3.54. The first-order chi connectivity index (χ1) is 10.1. The number of nitrogens with zero attached hydrogens (tertiary/aromatic N) is 1. The first-order valence-electron chi connectivity index (χ1n) is 6.90. The van der Waals surface area contributed by atoms with Gasteiger partial charge in [-0.1, -0.05) is 28.4 Å². The molecule has 0 saturated carbocycles. The molecular weight excluding hydrogens is 327 g/mol. The molecule has 0 unspecified atom stereocenters. The smallest absolute Gasteiger partial charge is 0.133 e. The molecule has 0 amide bonds. The fourth-order valence-electron chi connectivity index (χ4n) is 2.56. The molecule has 112 valence electrons. The molecule has 3 nitrogen and oxygen atoms in total. The predicted octanol–water partition coefficient (Wildman–Crippen LogP) is 4.27. The Bertz CT molecular complexity index is 657. The lowest BCUT2D eigenvalue weighted by molar-refractivity contribution is 0.393. The minimum absolute atomic E-state index is 0.728. The van der Waals surface area contributed by atoms with Crippen LogP contribution in [0.1, 0.15) is 22.6 Å². The number of thioether (sulfide) groups is 1. The summed E-state index contributed by atoms with van der Waals surface area (Å²) in [5.41, 5.74) is 3.44. The largest absolute Gasteiger partial charge is 0.361 e. The zero-order valence-electron chi connectivity index (χ0n) is 11.7. The number of aromatic nitrogens is 1. The molecule has 6 heteroatoms. The average molecular weight is 343 g/mol. The summed E-state index contributed by atoms with van der Waals surface area (Å²) in [5, 5.41) is 8.94. The fraction of sp³-hybridized carbons (Fsp3) is 0.400. The molecule has 0 spiro atoms. The second-order valence-corrected chi connectivity index (χ2v) is 6.89. The topological polar surface area (TPSA) is 38.1 Å².